The van der Waals surface area contributed by atoms with Crippen molar-refractivity contribution in [3.8, 4) is 17.2 Å². The number of ketones is 1. The highest BCUT2D eigenvalue weighted by molar-refractivity contribution is 6.46. The number of likely N-dealkylation sites (tertiary alicyclic amines) is 1. The van der Waals surface area contributed by atoms with Gasteiger partial charge in [0.1, 0.15) is 23.0 Å². The number of morpholine rings is 1. The van der Waals surface area contributed by atoms with Crippen LogP contribution in [-0.4, -0.2) is 87.3 Å². The third kappa shape index (κ3) is 5.17. The maximum Gasteiger partial charge on any atom is 0.295 e. The minimum atomic E-state index is -0.842. The number of Topliss-reactive ketones (excluding diaryl/α,β-unsaturated/α-hetero) is 1. The SMILES string of the molecule is COc1cccc(/C(O)=C2\C(=O)C(=O)N(CCCN3CCOCC3)[C@H]2c2cc(OC)ccc2OC)c1. The number of hydrogen-bond donors (Lipinski definition) is 1. The normalized spacial score (nSPS) is 20.0. The molecule has 0 aromatic heterocycles. The summed E-state index contributed by atoms with van der Waals surface area (Å²) in [7, 11) is 4.59. The van der Waals surface area contributed by atoms with Crippen LogP contribution in [-0.2, 0) is 14.3 Å². The molecule has 0 spiro atoms. The highest BCUT2D eigenvalue weighted by atomic mass is 16.5. The Morgan fingerprint density at radius 2 is 1.69 bits per heavy atom. The Bertz CT molecular complexity index is 1140. The number of carbonyl (C=O) groups excluding carboxylic acids is 2. The summed E-state index contributed by atoms with van der Waals surface area (Å²) in [5, 5.41) is 11.3. The van der Waals surface area contributed by atoms with Gasteiger partial charge < -0.3 is 29.0 Å². The van der Waals surface area contributed by atoms with E-state index in [0.717, 1.165) is 19.6 Å². The molecule has 36 heavy (non-hydrogen) atoms. The lowest BCUT2D eigenvalue weighted by Crippen LogP contribution is -2.39. The highest BCUT2D eigenvalue weighted by Gasteiger charge is 2.47. The second-order valence-electron chi connectivity index (χ2n) is 8.64. The van der Waals surface area contributed by atoms with E-state index in [0.29, 0.717) is 54.6 Å². The number of rotatable bonds is 9. The number of amides is 1. The van der Waals surface area contributed by atoms with Crippen molar-refractivity contribution in [2.75, 3.05) is 60.7 Å². The number of carbonyl (C=O) groups is 2. The minimum Gasteiger partial charge on any atom is -0.507 e. The Hall–Kier alpha value is -3.56. The van der Waals surface area contributed by atoms with Crippen molar-refractivity contribution < 1.29 is 33.6 Å². The molecule has 0 unspecified atom stereocenters. The average Bonchev–Trinajstić information content (AvgIpc) is 3.17. The zero-order valence-corrected chi connectivity index (χ0v) is 20.9. The smallest absolute Gasteiger partial charge is 0.295 e. The Labute approximate surface area is 210 Å². The van der Waals surface area contributed by atoms with E-state index in [1.165, 1.54) is 19.1 Å². The van der Waals surface area contributed by atoms with E-state index in [1.807, 2.05) is 0 Å². The fourth-order valence-electron chi connectivity index (χ4n) is 4.70. The Kier molecular flexibility index (Phi) is 8.12. The lowest BCUT2D eigenvalue weighted by atomic mass is 9.94. The van der Waals surface area contributed by atoms with Crippen LogP contribution in [0.1, 0.15) is 23.6 Å². The lowest BCUT2D eigenvalue weighted by molar-refractivity contribution is -0.140. The van der Waals surface area contributed by atoms with Crippen LogP contribution >= 0.6 is 0 Å². The molecule has 2 aliphatic heterocycles. The van der Waals surface area contributed by atoms with Crippen LogP contribution in [0.2, 0.25) is 0 Å². The Balaban J connectivity index is 1.76. The van der Waals surface area contributed by atoms with E-state index in [-0.39, 0.29) is 11.3 Å². The molecule has 4 rings (SSSR count). The number of aliphatic hydroxyl groups is 1. The first kappa shape index (κ1) is 25.5. The van der Waals surface area contributed by atoms with Gasteiger partial charge in [-0.2, -0.15) is 0 Å². The quantitative estimate of drug-likeness (QED) is 0.322. The van der Waals surface area contributed by atoms with E-state index in [2.05, 4.69) is 4.90 Å². The number of benzene rings is 2. The number of methoxy groups -OCH3 is 3. The number of nitrogens with zero attached hydrogens (tertiary/aromatic N) is 2. The average molecular weight is 497 g/mol. The van der Waals surface area contributed by atoms with E-state index in [4.69, 9.17) is 18.9 Å². The summed E-state index contributed by atoms with van der Waals surface area (Å²) in [6.07, 6.45) is 0.662. The van der Waals surface area contributed by atoms with Crippen molar-refractivity contribution in [1.82, 2.24) is 9.80 Å². The molecule has 1 N–H and O–H groups in total. The van der Waals surface area contributed by atoms with Gasteiger partial charge in [-0.05, 0) is 36.8 Å². The molecule has 0 radical (unpaired) electrons. The molecule has 2 saturated heterocycles. The van der Waals surface area contributed by atoms with Crippen LogP contribution < -0.4 is 14.2 Å². The highest BCUT2D eigenvalue weighted by Crippen LogP contribution is 2.44. The summed E-state index contributed by atoms with van der Waals surface area (Å²) in [6.45, 7) is 4.15. The summed E-state index contributed by atoms with van der Waals surface area (Å²) < 4.78 is 21.7. The molecule has 2 aliphatic rings. The van der Waals surface area contributed by atoms with Gasteiger partial charge in [0, 0.05) is 37.3 Å². The summed E-state index contributed by atoms with van der Waals surface area (Å²) in [5.74, 6) is -0.108. The molecule has 0 saturated carbocycles. The van der Waals surface area contributed by atoms with E-state index in [9.17, 15) is 14.7 Å². The minimum absolute atomic E-state index is 0.00572. The monoisotopic (exact) mass is 496 g/mol. The molecule has 2 aromatic rings. The molecule has 2 heterocycles. The van der Waals surface area contributed by atoms with Crippen molar-refractivity contribution in [2.24, 2.45) is 0 Å². The standard InChI is InChI=1S/C27H32N2O7/c1-33-19-7-4-6-18(16-19)25(30)23-24(21-17-20(34-2)8-9-22(21)35-3)29(27(32)26(23)31)11-5-10-28-12-14-36-15-13-28/h4,6-9,16-17,24,30H,5,10-15H2,1-3H3/b25-23+/t24-/m0/s1. The molecule has 1 atom stereocenters. The van der Waals surface area contributed by atoms with Gasteiger partial charge in [-0.25, -0.2) is 0 Å². The molecule has 9 heteroatoms. The second-order valence-corrected chi connectivity index (χ2v) is 8.64. The second kappa shape index (κ2) is 11.5. The summed E-state index contributed by atoms with van der Waals surface area (Å²) in [5.41, 5.74) is 0.950. The van der Waals surface area contributed by atoms with Crippen LogP contribution in [0.25, 0.3) is 5.76 Å². The van der Waals surface area contributed by atoms with E-state index >= 15 is 0 Å². The first-order chi connectivity index (χ1) is 17.5. The largest absolute Gasteiger partial charge is 0.507 e. The molecule has 2 aromatic carbocycles. The van der Waals surface area contributed by atoms with Crippen molar-refractivity contribution in [3.63, 3.8) is 0 Å². The first-order valence-electron chi connectivity index (χ1n) is 11.9. The zero-order valence-electron chi connectivity index (χ0n) is 20.9. The number of hydrogen-bond acceptors (Lipinski definition) is 8. The Morgan fingerprint density at radius 1 is 0.972 bits per heavy atom. The molecular formula is C27H32N2O7. The Morgan fingerprint density at radius 3 is 2.39 bits per heavy atom. The van der Waals surface area contributed by atoms with Crippen molar-refractivity contribution in [2.45, 2.75) is 12.5 Å². The fourth-order valence-corrected chi connectivity index (χ4v) is 4.70. The van der Waals surface area contributed by atoms with Gasteiger partial charge >= 0.3 is 0 Å². The number of aliphatic hydroxyl groups excluding tert-OH is 1. The predicted octanol–water partition coefficient (Wildman–Crippen LogP) is 2.86. The lowest BCUT2D eigenvalue weighted by Gasteiger charge is -2.29. The van der Waals surface area contributed by atoms with Crippen LogP contribution in [0.4, 0.5) is 0 Å². The molecular weight excluding hydrogens is 464 g/mol. The van der Waals surface area contributed by atoms with Crippen LogP contribution in [0, 0.1) is 0 Å². The van der Waals surface area contributed by atoms with Crippen LogP contribution in [0.15, 0.2) is 48.0 Å². The molecule has 9 nitrogen and oxygen atoms in total. The van der Waals surface area contributed by atoms with E-state index < -0.39 is 17.7 Å². The van der Waals surface area contributed by atoms with E-state index in [1.54, 1.807) is 49.6 Å². The van der Waals surface area contributed by atoms with Gasteiger partial charge in [0.15, 0.2) is 0 Å². The van der Waals surface area contributed by atoms with Gasteiger partial charge in [-0.1, -0.05) is 12.1 Å². The third-order valence-corrected chi connectivity index (χ3v) is 6.59. The van der Waals surface area contributed by atoms with Gasteiger partial charge in [0.25, 0.3) is 11.7 Å². The van der Waals surface area contributed by atoms with Crippen molar-refractivity contribution in [1.29, 1.82) is 0 Å². The van der Waals surface area contributed by atoms with Gasteiger partial charge in [-0.3, -0.25) is 14.5 Å². The molecule has 192 valence electrons. The topological polar surface area (TPSA) is 97.8 Å². The zero-order chi connectivity index (χ0) is 25.7. The van der Waals surface area contributed by atoms with Crippen LogP contribution in [0.5, 0.6) is 17.2 Å². The molecule has 0 aliphatic carbocycles. The van der Waals surface area contributed by atoms with Gasteiger partial charge in [-0.15, -0.1) is 0 Å². The van der Waals surface area contributed by atoms with Gasteiger partial charge in [0.05, 0.1) is 46.2 Å². The predicted molar refractivity (Wildman–Crippen MR) is 133 cm³/mol. The van der Waals surface area contributed by atoms with Crippen molar-refractivity contribution >= 4 is 17.4 Å². The number of ether oxygens (including phenoxy) is 4. The summed E-state index contributed by atoms with van der Waals surface area (Å²) >= 11 is 0. The molecule has 2 fully saturated rings. The maximum atomic E-state index is 13.3. The fraction of sp³-hybridized carbons (Fsp3) is 0.407. The molecule has 1 amide bonds. The van der Waals surface area contributed by atoms with Crippen molar-refractivity contribution in [3.05, 3.63) is 59.2 Å². The summed E-state index contributed by atoms with van der Waals surface area (Å²) in [6, 6.07) is 11.1. The third-order valence-electron chi connectivity index (χ3n) is 6.59. The maximum absolute atomic E-state index is 13.3. The summed E-state index contributed by atoms with van der Waals surface area (Å²) in [4.78, 5) is 30.4. The van der Waals surface area contributed by atoms with Gasteiger partial charge in [0.2, 0.25) is 0 Å². The first-order valence-corrected chi connectivity index (χ1v) is 11.9. The molecule has 0 bridgehead atoms. The van der Waals surface area contributed by atoms with Crippen LogP contribution in [0.3, 0.4) is 0 Å².